The van der Waals surface area contributed by atoms with Crippen molar-refractivity contribution in [3.8, 4) is 11.3 Å². The summed E-state index contributed by atoms with van der Waals surface area (Å²) >= 11 is 0. The molecule has 0 radical (unpaired) electrons. The Morgan fingerprint density at radius 2 is 2.00 bits per heavy atom. The average molecular weight is 338 g/mol. The summed E-state index contributed by atoms with van der Waals surface area (Å²) < 4.78 is 1.69. The molecule has 2 aromatic heterocycles. The topological polar surface area (TPSA) is 75.4 Å². The highest BCUT2D eigenvalue weighted by atomic mass is 16.2. The molecule has 1 N–H and O–H groups in total. The maximum absolute atomic E-state index is 12.1. The van der Waals surface area contributed by atoms with Crippen molar-refractivity contribution in [3.05, 3.63) is 36.4 Å². The van der Waals surface area contributed by atoms with Crippen LogP contribution in [0.25, 0.3) is 16.9 Å². The number of benzene rings is 1. The minimum Gasteiger partial charge on any atom is -0.353 e. The average Bonchev–Trinajstić information content (AvgIpc) is 3.05. The fourth-order valence-electron chi connectivity index (χ4n) is 2.74. The Bertz CT molecular complexity index is 888. The van der Waals surface area contributed by atoms with Crippen LogP contribution >= 0.6 is 0 Å². The Morgan fingerprint density at radius 1 is 1.16 bits per heavy atom. The number of aromatic nitrogens is 4. The van der Waals surface area contributed by atoms with Gasteiger partial charge in [-0.25, -0.2) is 0 Å². The van der Waals surface area contributed by atoms with Gasteiger partial charge in [0, 0.05) is 30.8 Å². The van der Waals surface area contributed by atoms with Crippen molar-refractivity contribution in [1.82, 2.24) is 19.8 Å². The molecular weight excluding hydrogens is 316 g/mol. The molecule has 0 aliphatic carbocycles. The van der Waals surface area contributed by atoms with Gasteiger partial charge in [-0.3, -0.25) is 4.79 Å². The van der Waals surface area contributed by atoms with Crippen molar-refractivity contribution in [2.24, 2.45) is 0 Å². The van der Waals surface area contributed by atoms with Crippen molar-refractivity contribution in [2.45, 2.75) is 27.2 Å². The lowest BCUT2D eigenvalue weighted by atomic mass is 10.1. The number of carbonyl (C=O) groups excluding carboxylic acids is 1. The molecule has 0 fully saturated rings. The molecule has 0 atom stereocenters. The Morgan fingerprint density at radius 3 is 2.72 bits per heavy atom. The number of carbonyl (C=O) groups is 1. The predicted octanol–water partition coefficient (Wildman–Crippen LogP) is 2.99. The van der Waals surface area contributed by atoms with E-state index in [4.69, 9.17) is 0 Å². The molecule has 3 rings (SSSR count). The molecule has 2 heterocycles. The van der Waals surface area contributed by atoms with Crippen LogP contribution in [0.15, 0.2) is 36.4 Å². The number of amides is 1. The summed E-state index contributed by atoms with van der Waals surface area (Å²) in [6, 6.07) is 11.7. The van der Waals surface area contributed by atoms with Crippen molar-refractivity contribution >= 4 is 23.2 Å². The largest absolute Gasteiger partial charge is 0.353 e. The van der Waals surface area contributed by atoms with Gasteiger partial charge in [0.1, 0.15) is 0 Å². The van der Waals surface area contributed by atoms with Crippen LogP contribution in [0.5, 0.6) is 0 Å². The summed E-state index contributed by atoms with van der Waals surface area (Å²) in [4.78, 5) is 13.9. The third-order valence-corrected chi connectivity index (χ3v) is 3.97. The summed E-state index contributed by atoms with van der Waals surface area (Å²) in [6.07, 6.45) is 0.481. The summed E-state index contributed by atoms with van der Waals surface area (Å²) in [5.41, 5.74) is 3.31. The van der Waals surface area contributed by atoms with Gasteiger partial charge < -0.3 is 10.2 Å². The number of rotatable bonds is 6. The zero-order valence-corrected chi connectivity index (χ0v) is 14.7. The molecule has 0 aliphatic rings. The van der Waals surface area contributed by atoms with Gasteiger partial charge in [0.15, 0.2) is 5.65 Å². The minimum atomic E-state index is 0.108. The maximum atomic E-state index is 12.1. The number of nitrogens with one attached hydrogen (secondary N) is 1. The molecule has 25 heavy (non-hydrogen) atoms. The Balaban J connectivity index is 2.01. The molecule has 1 aromatic carbocycles. The van der Waals surface area contributed by atoms with Crippen LogP contribution in [0.4, 0.5) is 11.6 Å². The third-order valence-electron chi connectivity index (χ3n) is 3.97. The standard InChI is InChI=1S/C18H22N6O/c1-4-17(25)23(6-3)14-9-7-8-13(12-14)15-10-11-16-20-21-18(19-5-2)24(16)22-15/h7-12H,4-6H2,1-3H3,(H,19,21). The fourth-order valence-corrected chi connectivity index (χ4v) is 2.74. The summed E-state index contributed by atoms with van der Waals surface area (Å²) in [7, 11) is 0. The van der Waals surface area contributed by atoms with E-state index in [1.54, 1.807) is 9.42 Å². The highest BCUT2D eigenvalue weighted by Gasteiger charge is 2.13. The van der Waals surface area contributed by atoms with E-state index in [1.807, 2.05) is 57.2 Å². The quantitative estimate of drug-likeness (QED) is 0.748. The van der Waals surface area contributed by atoms with Gasteiger partial charge in [0.2, 0.25) is 11.9 Å². The van der Waals surface area contributed by atoms with Gasteiger partial charge in [-0.1, -0.05) is 19.1 Å². The van der Waals surface area contributed by atoms with Gasteiger partial charge in [-0.15, -0.1) is 10.2 Å². The van der Waals surface area contributed by atoms with Crippen molar-refractivity contribution < 1.29 is 4.79 Å². The van der Waals surface area contributed by atoms with Crippen LogP contribution in [0.3, 0.4) is 0 Å². The first kappa shape index (κ1) is 16.9. The van der Waals surface area contributed by atoms with Gasteiger partial charge in [0.25, 0.3) is 0 Å². The van der Waals surface area contributed by atoms with E-state index in [0.717, 1.165) is 23.5 Å². The first-order valence-electron chi connectivity index (χ1n) is 8.55. The third kappa shape index (κ3) is 3.31. The van der Waals surface area contributed by atoms with E-state index >= 15 is 0 Å². The van der Waals surface area contributed by atoms with Crippen LogP contribution in [0, 0.1) is 0 Å². The molecule has 0 saturated heterocycles. The van der Waals surface area contributed by atoms with Crippen molar-refractivity contribution in [2.75, 3.05) is 23.3 Å². The van der Waals surface area contributed by atoms with Crippen molar-refractivity contribution in [3.63, 3.8) is 0 Å². The number of hydrogen-bond donors (Lipinski definition) is 1. The fraction of sp³-hybridized carbons (Fsp3) is 0.333. The highest BCUT2D eigenvalue weighted by molar-refractivity contribution is 5.93. The molecule has 0 aliphatic heterocycles. The summed E-state index contributed by atoms with van der Waals surface area (Å²) in [5.74, 6) is 0.725. The highest BCUT2D eigenvalue weighted by Crippen LogP contribution is 2.24. The summed E-state index contributed by atoms with van der Waals surface area (Å²) in [6.45, 7) is 7.23. The molecule has 0 unspecified atom stereocenters. The van der Waals surface area contributed by atoms with Crippen LogP contribution in [0.2, 0.25) is 0 Å². The minimum absolute atomic E-state index is 0.108. The molecule has 0 saturated carbocycles. The van der Waals surface area contributed by atoms with E-state index in [2.05, 4.69) is 20.6 Å². The zero-order chi connectivity index (χ0) is 17.8. The SMILES string of the molecule is CCNc1nnc2ccc(-c3cccc(N(CC)C(=O)CC)c3)nn12. The van der Waals surface area contributed by atoms with Gasteiger partial charge in [-0.05, 0) is 38.1 Å². The van der Waals surface area contributed by atoms with Crippen LogP contribution in [-0.4, -0.2) is 38.8 Å². The molecule has 0 spiro atoms. The molecule has 130 valence electrons. The molecule has 3 aromatic rings. The first-order chi connectivity index (χ1) is 12.2. The normalized spacial score (nSPS) is 10.8. The van der Waals surface area contributed by atoms with Gasteiger partial charge in [-0.2, -0.15) is 9.61 Å². The molecular formula is C18H22N6O. The van der Waals surface area contributed by atoms with Crippen LogP contribution < -0.4 is 10.2 Å². The Labute approximate surface area is 146 Å². The molecule has 7 nitrogen and oxygen atoms in total. The monoisotopic (exact) mass is 338 g/mol. The molecule has 7 heteroatoms. The molecule has 1 amide bonds. The van der Waals surface area contributed by atoms with E-state index in [1.165, 1.54) is 0 Å². The summed E-state index contributed by atoms with van der Waals surface area (Å²) in [5, 5.41) is 16.0. The Hall–Kier alpha value is -2.96. The smallest absolute Gasteiger partial charge is 0.246 e. The maximum Gasteiger partial charge on any atom is 0.246 e. The van der Waals surface area contributed by atoms with E-state index in [-0.39, 0.29) is 5.91 Å². The van der Waals surface area contributed by atoms with Crippen LogP contribution in [-0.2, 0) is 4.79 Å². The van der Waals surface area contributed by atoms with Crippen LogP contribution in [0.1, 0.15) is 27.2 Å². The predicted molar refractivity (Wildman–Crippen MR) is 98.7 cm³/mol. The van der Waals surface area contributed by atoms with E-state index < -0.39 is 0 Å². The van der Waals surface area contributed by atoms with Gasteiger partial charge >= 0.3 is 0 Å². The number of fused-ring (bicyclic) bond motifs is 1. The second-order valence-electron chi connectivity index (χ2n) is 5.58. The lowest BCUT2D eigenvalue weighted by Crippen LogP contribution is -2.29. The van der Waals surface area contributed by atoms with E-state index in [0.29, 0.717) is 24.6 Å². The lowest BCUT2D eigenvalue weighted by Gasteiger charge is -2.21. The zero-order valence-electron chi connectivity index (χ0n) is 14.7. The van der Waals surface area contributed by atoms with Gasteiger partial charge in [0.05, 0.1) is 5.69 Å². The Kier molecular flexibility index (Phi) is 4.92. The number of hydrogen-bond acceptors (Lipinski definition) is 5. The van der Waals surface area contributed by atoms with E-state index in [9.17, 15) is 4.79 Å². The van der Waals surface area contributed by atoms with Crippen molar-refractivity contribution in [1.29, 1.82) is 0 Å². The second-order valence-corrected chi connectivity index (χ2v) is 5.58. The first-order valence-corrected chi connectivity index (χ1v) is 8.55. The number of anilines is 2. The molecule has 0 bridgehead atoms. The number of nitrogens with zero attached hydrogens (tertiary/aromatic N) is 5. The second kappa shape index (κ2) is 7.29. The lowest BCUT2D eigenvalue weighted by molar-refractivity contribution is -0.118.